The Labute approximate surface area is 150 Å². The molecule has 0 saturated carbocycles. The summed E-state index contributed by atoms with van der Waals surface area (Å²) in [6.45, 7) is 3.52. The summed E-state index contributed by atoms with van der Waals surface area (Å²) in [5, 5.41) is 33.4. The zero-order chi connectivity index (χ0) is 18.0. The summed E-state index contributed by atoms with van der Waals surface area (Å²) in [5.41, 5.74) is 0. The summed E-state index contributed by atoms with van der Waals surface area (Å²) in [4.78, 5) is 19.1. The molecular weight excluding hydrogens is 368 g/mol. The fraction of sp³-hybridized carbons (Fsp3) is 0.833. The molecule has 134 valence electrons. The molecule has 0 saturated heterocycles. The highest BCUT2D eigenvalue weighted by Crippen LogP contribution is 2.22. The lowest BCUT2D eigenvalue weighted by molar-refractivity contribution is -0.137. The first-order valence-electron chi connectivity index (χ1n) is 6.43. The second-order valence-electron chi connectivity index (χ2n) is 4.00. The molecule has 4 N–H and O–H groups in total. The van der Waals surface area contributed by atoms with Gasteiger partial charge < -0.3 is 20.4 Å². The van der Waals surface area contributed by atoms with Crippen LogP contribution in [0.2, 0.25) is 0 Å². The Hall–Kier alpha value is 0.260. The average Bonchev–Trinajstić information content (AvgIpc) is 2.35. The van der Waals surface area contributed by atoms with E-state index in [4.69, 9.17) is 20.4 Å². The molecule has 22 heavy (non-hydrogen) atoms. The fourth-order valence-corrected chi connectivity index (χ4v) is 3.21. The summed E-state index contributed by atoms with van der Waals surface area (Å²) in [6.07, 6.45) is -0.176. The summed E-state index contributed by atoms with van der Waals surface area (Å²) in [7, 11) is 3.19. The van der Waals surface area contributed by atoms with Crippen LogP contribution in [-0.4, -0.2) is 67.6 Å². The number of carbonyl (C=O) groups is 2. The maximum Gasteiger partial charge on any atom is 0.304 e. The zero-order valence-electron chi connectivity index (χ0n) is 12.7. The number of rotatable bonds is 9. The molecule has 0 aromatic rings. The summed E-state index contributed by atoms with van der Waals surface area (Å²) < 4.78 is 0. The van der Waals surface area contributed by atoms with E-state index in [1.807, 2.05) is 0 Å². The molecule has 0 aliphatic heterocycles. The van der Waals surface area contributed by atoms with Crippen LogP contribution in [0.4, 0.5) is 0 Å². The Balaban J connectivity index is -0.000000261. The van der Waals surface area contributed by atoms with Crippen molar-refractivity contribution in [3.8, 4) is 0 Å². The van der Waals surface area contributed by atoms with Gasteiger partial charge in [-0.3, -0.25) is 9.59 Å². The number of hydrogen-bond donors (Lipinski definition) is 6. The van der Waals surface area contributed by atoms with E-state index in [1.165, 1.54) is 0 Å². The van der Waals surface area contributed by atoms with Crippen molar-refractivity contribution in [3.05, 3.63) is 0 Å². The molecule has 2 atom stereocenters. The molecule has 0 rings (SSSR count). The minimum Gasteiger partial charge on any atom is -0.481 e. The Morgan fingerprint density at radius 2 is 1.14 bits per heavy atom. The van der Waals surface area contributed by atoms with E-state index in [1.54, 1.807) is 35.4 Å². The van der Waals surface area contributed by atoms with Crippen molar-refractivity contribution in [2.24, 2.45) is 0 Å². The lowest BCUT2D eigenvalue weighted by Crippen LogP contribution is -2.04. The normalized spacial score (nSPS) is 12.1. The number of aliphatic carboxylic acids is 2. The van der Waals surface area contributed by atoms with Crippen LogP contribution in [-0.2, 0) is 9.59 Å². The van der Waals surface area contributed by atoms with Crippen molar-refractivity contribution in [3.63, 3.8) is 0 Å². The largest absolute Gasteiger partial charge is 0.481 e. The summed E-state index contributed by atoms with van der Waals surface area (Å²) in [6, 6.07) is 0. The van der Waals surface area contributed by atoms with Gasteiger partial charge in [0.25, 0.3) is 0 Å². The van der Waals surface area contributed by atoms with Crippen LogP contribution in [0, 0.1) is 0 Å². The number of carboxylic acids is 2. The summed E-state index contributed by atoms with van der Waals surface area (Å²) >= 11 is 7.36. The van der Waals surface area contributed by atoms with Crippen LogP contribution in [0.15, 0.2) is 0 Å². The van der Waals surface area contributed by atoms with Crippen molar-refractivity contribution >= 4 is 58.8 Å². The molecule has 6 nitrogen and oxygen atoms in total. The Kier molecular flexibility index (Phi) is 26.2. The molecule has 0 fully saturated rings. The molecule has 0 heterocycles. The number of hydrogen-bond acceptors (Lipinski definition) is 8. The van der Waals surface area contributed by atoms with Gasteiger partial charge in [0.15, 0.2) is 0 Å². The molecule has 0 aromatic heterocycles. The lowest BCUT2D eigenvalue weighted by atomic mass is 10.5. The van der Waals surface area contributed by atoms with Crippen molar-refractivity contribution in [1.29, 1.82) is 0 Å². The summed E-state index contributed by atoms with van der Waals surface area (Å²) in [5.74, 6) is 0.745. The van der Waals surface area contributed by atoms with Crippen LogP contribution < -0.4 is 0 Å². The molecule has 2 unspecified atom stereocenters. The van der Waals surface area contributed by atoms with Crippen molar-refractivity contribution < 1.29 is 30.0 Å². The predicted octanol–water partition coefficient (Wildman–Crippen LogP) is 1.91. The maximum absolute atomic E-state index is 9.55. The van der Waals surface area contributed by atoms with Crippen LogP contribution >= 0.6 is 46.8 Å². The van der Waals surface area contributed by atoms with Gasteiger partial charge in [0.05, 0.1) is 25.0 Å². The molecule has 0 aliphatic carbocycles. The Bertz CT molecular complexity index is 238. The standard InChI is InChI=1S/C6H14O2S2.2C3H6O2S/c1-5(7)3-9-10-4-6(2)8;2*4-3(5)1-2-6/h5-8H,3-4H2,1-2H3;2*6H,1-2H2,(H,4,5). The van der Waals surface area contributed by atoms with Crippen LogP contribution in [0.25, 0.3) is 0 Å². The van der Waals surface area contributed by atoms with E-state index in [2.05, 4.69) is 25.3 Å². The monoisotopic (exact) mass is 394 g/mol. The first-order chi connectivity index (χ1) is 10.2. The number of aliphatic hydroxyl groups is 2. The van der Waals surface area contributed by atoms with E-state index < -0.39 is 11.9 Å². The highest BCUT2D eigenvalue weighted by atomic mass is 33.1. The third-order valence-corrected chi connectivity index (χ3v) is 4.52. The highest BCUT2D eigenvalue weighted by molar-refractivity contribution is 8.76. The van der Waals surface area contributed by atoms with E-state index in [0.717, 1.165) is 11.5 Å². The van der Waals surface area contributed by atoms with Crippen LogP contribution in [0.1, 0.15) is 26.7 Å². The van der Waals surface area contributed by atoms with Gasteiger partial charge in [0.1, 0.15) is 0 Å². The molecule has 0 amide bonds. The number of thiol groups is 2. The topological polar surface area (TPSA) is 115 Å². The van der Waals surface area contributed by atoms with Crippen molar-refractivity contribution in [1.82, 2.24) is 0 Å². The fourth-order valence-electron chi connectivity index (χ4n) is 0.484. The minimum atomic E-state index is -0.787. The quantitative estimate of drug-likeness (QED) is 0.200. The van der Waals surface area contributed by atoms with Crippen molar-refractivity contribution in [2.45, 2.75) is 38.9 Å². The molecule has 0 spiro atoms. The first-order valence-corrected chi connectivity index (χ1v) is 10.2. The lowest BCUT2D eigenvalue weighted by Gasteiger charge is -2.04. The first kappa shape index (κ1) is 27.1. The zero-order valence-corrected chi connectivity index (χ0v) is 16.1. The van der Waals surface area contributed by atoms with E-state index in [-0.39, 0.29) is 25.0 Å². The Morgan fingerprint density at radius 1 is 0.864 bits per heavy atom. The number of carboxylic acid groups (broad SMARTS) is 2. The van der Waals surface area contributed by atoms with E-state index in [9.17, 15) is 9.59 Å². The van der Waals surface area contributed by atoms with Crippen molar-refractivity contribution in [2.75, 3.05) is 23.0 Å². The molecule has 0 bridgehead atoms. The van der Waals surface area contributed by atoms with Gasteiger partial charge in [0.2, 0.25) is 0 Å². The van der Waals surface area contributed by atoms with E-state index >= 15 is 0 Å². The predicted molar refractivity (Wildman–Crippen MR) is 100 cm³/mol. The third-order valence-electron chi connectivity index (χ3n) is 1.35. The Morgan fingerprint density at radius 3 is 1.23 bits per heavy atom. The minimum absolute atomic E-state index is 0.156. The second kappa shape index (κ2) is 21.3. The van der Waals surface area contributed by atoms with Gasteiger partial charge in [-0.2, -0.15) is 25.3 Å². The molecule has 0 aromatic carbocycles. The van der Waals surface area contributed by atoms with Gasteiger partial charge in [-0.25, -0.2) is 0 Å². The van der Waals surface area contributed by atoms with Gasteiger partial charge in [0, 0.05) is 23.0 Å². The highest BCUT2D eigenvalue weighted by Gasteiger charge is 1.98. The molecule has 0 aliphatic rings. The third kappa shape index (κ3) is 42.7. The smallest absolute Gasteiger partial charge is 0.304 e. The van der Waals surface area contributed by atoms with Gasteiger partial charge >= 0.3 is 11.9 Å². The maximum atomic E-state index is 9.55. The van der Waals surface area contributed by atoms with Crippen LogP contribution in [0.3, 0.4) is 0 Å². The molecule has 0 radical (unpaired) electrons. The second-order valence-corrected chi connectivity index (χ2v) is 7.45. The molecule has 10 heteroatoms. The van der Waals surface area contributed by atoms with E-state index in [0.29, 0.717) is 11.5 Å². The molecular formula is C12H26O6S4. The number of aliphatic hydroxyl groups excluding tert-OH is 2. The van der Waals surface area contributed by atoms with Gasteiger partial charge in [-0.15, -0.1) is 0 Å². The average molecular weight is 395 g/mol. The van der Waals surface area contributed by atoms with Gasteiger partial charge in [-0.05, 0) is 13.8 Å². The van der Waals surface area contributed by atoms with Crippen LogP contribution in [0.5, 0.6) is 0 Å². The SMILES string of the molecule is CC(O)CSSCC(C)O.O=C(O)CCS.O=C(O)CCS. The van der Waals surface area contributed by atoms with Gasteiger partial charge in [-0.1, -0.05) is 21.6 Å².